The number of hydrogen-bond donors (Lipinski definition) is 2. The van der Waals surface area contributed by atoms with E-state index < -0.39 is 29.6 Å². The number of nitrogens with one attached hydrogen (secondary N) is 2. The lowest BCUT2D eigenvalue weighted by molar-refractivity contribution is -0.141. The van der Waals surface area contributed by atoms with E-state index in [1.807, 2.05) is 38.1 Å². The van der Waals surface area contributed by atoms with E-state index in [1.165, 1.54) is 6.42 Å². The number of likely N-dealkylation sites (tertiary alicyclic amines) is 1. The number of anilines is 1. The summed E-state index contributed by atoms with van der Waals surface area (Å²) in [5, 5.41) is 6.41. The quantitative estimate of drug-likeness (QED) is 0.379. The third-order valence-electron chi connectivity index (χ3n) is 10.3. The molecule has 4 aliphatic rings. The Morgan fingerprint density at radius 2 is 1.79 bits per heavy atom. The van der Waals surface area contributed by atoms with E-state index in [4.69, 9.17) is 4.74 Å². The molecule has 3 aliphatic heterocycles. The van der Waals surface area contributed by atoms with Gasteiger partial charge in [-0.2, -0.15) is 0 Å². The minimum atomic E-state index is -1.13. The average Bonchev–Trinajstić information content (AvgIpc) is 3.57. The van der Waals surface area contributed by atoms with Crippen LogP contribution >= 0.6 is 0 Å². The van der Waals surface area contributed by atoms with Crippen molar-refractivity contribution in [1.29, 1.82) is 0 Å². The van der Waals surface area contributed by atoms with Crippen molar-refractivity contribution in [1.82, 2.24) is 15.1 Å². The first-order chi connectivity index (χ1) is 20.1. The Balaban J connectivity index is 1.40. The van der Waals surface area contributed by atoms with Crippen molar-refractivity contribution in [3.8, 4) is 0 Å². The molecule has 5 rings (SSSR count). The summed E-state index contributed by atoms with van der Waals surface area (Å²) in [7, 11) is 2.10. The molecule has 1 aromatic carbocycles. The van der Waals surface area contributed by atoms with Crippen molar-refractivity contribution in [2.75, 3.05) is 32.0 Å². The lowest BCUT2D eigenvalue weighted by atomic mass is 9.73. The third kappa shape index (κ3) is 5.77. The third-order valence-corrected chi connectivity index (χ3v) is 10.3. The number of benzene rings is 1. The molecule has 1 saturated carbocycles. The molecule has 3 fully saturated rings. The maximum Gasteiger partial charge on any atom is 0.246 e. The first-order valence-corrected chi connectivity index (χ1v) is 16.1. The van der Waals surface area contributed by atoms with Crippen LogP contribution in [-0.2, 0) is 19.1 Å². The average molecular weight is 579 g/mol. The van der Waals surface area contributed by atoms with Crippen molar-refractivity contribution >= 4 is 23.4 Å². The molecule has 8 nitrogen and oxygen atoms in total. The molecule has 0 radical (unpaired) electrons. The number of amides is 3. The van der Waals surface area contributed by atoms with E-state index in [0.717, 1.165) is 56.3 Å². The highest BCUT2D eigenvalue weighted by Crippen LogP contribution is 2.55. The normalized spacial score (nSPS) is 33.4. The minimum Gasteiger partial charge on any atom is -0.359 e. The standard InChI is InChI=1S/C34H50N4O4/c1-7-8-15-37(6)16-10-17-38-30(32(40)36-26-12-9-11-23(4)24(26)5)34-14-13-27(42-34)28(29(34)33(38)41)31(39)35-25-19-21(2)18-22(3)20-25/h13-14,18-20,23-24,26-30H,7-12,15-17H2,1-6H3,(H,35,39)(H,36,40)/t23?,24?,26?,27-,28?,29-,30?,34?/m1/s1. The molecule has 2 N–H and O–H groups in total. The smallest absolute Gasteiger partial charge is 0.246 e. The summed E-state index contributed by atoms with van der Waals surface area (Å²) in [5.41, 5.74) is 1.70. The van der Waals surface area contributed by atoms with E-state index in [9.17, 15) is 14.4 Å². The van der Waals surface area contributed by atoms with Gasteiger partial charge in [0, 0.05) is 18.3 Å². The van der Waals surface area contributed by atoms with E-state index >= 15 is 0 Å². The molecule has 2 bridgehead atoms. The molecule has 1 spiro atoms. The first kappa shape index (κ1) is 30.7. The van der Waals surface area contributed by atoms with Crippen LogP contribution in [0.15, 0.2) is 30.4 Å². The summed E-state index contributed by atoms with van der Waals surface area (Å²) < 4.78 is 6.55. The summed E-state index contributed by atoms with van der Waals surface area (Å²) in [6.45, 7) is 12.9. The number of nitrogens with zero attached hydrogens (tertiary/aromatic N) is 2. The molecule has 8 heteroatoms. The lowest BCUT2D eigenvalue weighted by Gasteiger charge is -2.38. The summed E-state index contributed by atoms with van der Waals surface area (Å²) >= 11 is 0. The fraction of sp³-hybridized carbons (Fsp3) is 0.676. The highest BCUT2D eigenvalue weighted by atomic mass is 16.5. The first-order valence-electron chi connectivity index (χ1n) is 16.1. The van der Waals surface area contributed by atoms with Gasteiger partial charge in [-0.1, -0.05) is 58.3 Å². The van der Waals surface area contributed by atoms with Gasteiger partial charge in [-0.3, -0.25) is 14.4 Å². The molecule has 0 aromatic heterocycles. The Morgan fingerprint density at radius 1 is 1.07 bits per heavy atom. The Bertz CT molecular complexity index is 1200. The summed E-state index contributed by atoms with van der Waals surface area (Å²) in [6, 6.07) is 5.21. The van der Waals surface area contributed by atoms with Crippen LogP contribution in [0.4, 0.5) is 5.69 Å². The van der Waals surface area contributed by atoms with Gasteiger partial charge in [-0.25, -0.2) is 0 Å². The fourth-order valence-corrected chi connectivity index (χ4v) is 7.88. The number of aryl methyl sites for hydroxylation is 2. The van der Waals surface area contributed by atoms with Gasteiger partial charge >= 0.3 is 0 Å². The second kappa shape index (κ2) is 12.5. The second-order valence-electron chi connectivity index (χ2n) is 13.5. The Labute approximate surface area is 251 Å². The number of carbonyl (C=O) groups excluding carboxylic acids is 3. The van der Waals surface area contributed by atoms with Crippen LogP contribution in [0.1, 0.15) is 70.4 Å². The van der Waals surface area contributed by atoms with Crippen LogP contribution in [0, 0.1) is 37.5 Å². The predicted octanol–water partition coefficient (Wildman–Crippen LogP) is 4.46. The Hall–Kier alpha value is -2.71. The minimum absolute atomic E-state index is 0.0695. The molecule has 6 unspecified atom stereocenters. The van der Waals surface area contributed by atoms with Gasteiger partial charge in [0.25, 0.3) is 0 Å². The van der Waals surface area contributed by atoms with Gasteiger partial charge in [0.1, 0.15) is 11.6 Å². The van der Waals surface area contributed by atoms with Crippen molar-refractivity contribution in [2.45, 2.75) is 96.9 Å². The number of hydrogen-bond acceptors (Lipinski definition) is 5. The molecular weight excluding hydrogens is 528 g/mol. The topological polar surface area (TPSA) is 91.0 Å². The Kier molecular flexibility index (Phi) is 9.14. The maximum atomic E-state index is 14.3. The zero-order valence-electron chi connectivity index (χ0n) is 26.3. The molecule has 3 amide bonds. The number of fused-ring (bicyclic) bond motifs is 1. The summed E-state index contributed by atoms with van der Waals surface area (Å²) in [5.74, 6) is -1.06. The van der Waals surface area contributed by atoms with Gasteiger partial charge in [0.2, 0.25) is 17.7 Å². The van der Waals surface area contributed by atoms with Crippen LogP contribution in [0.2, 0.25) is 0 Å². The molecule has 3 heterocycles. The van der Waals surface area contributed by atoms with Crippen molar-refractivity contribution in [3.05, 3.63) is 41.5 Å². The van der Waals surface area contributed by atoms with Crippen molar-refractivity contribution in [2.24, 2.45) is 23.7 Å². The summed E-state index contributed by atoms with van der Waals surface area (Å²) in [4.78, 5) is 46.3. The van der Waals surface area contributed by atoms with Crippen molar-refractivity contribution < 1.29 is 19.1 Å². The van der Waals surface area contributed by atoms with Gasteiger partial charge in [-0.15, -0.1) is 0 Å². The highest BCUT2D eigenvalue weighted by molar-refractivity contribution is 6.02. The molecule has 8 atom stereocenters. The molecular formula is C34H50N4O4. The van der Waals surface area contributed by atoms with E-state index in [2.05, 4.69) is 49.4 Å². The second-order valence-corrected chi connectivity index (χ2v) is 13.5. The van der Waals surface area contributed by atoms with E-state index in [0.29, 0.717) is 24.1 Å². The number of rotatable bonds is 11. The van der Waals surface area contributed by atoms with E-state index in [1.54, 1.807) is 4.90 Å². The zero-order valence-corrected chi connectivity index (χ0v) is 26.3. The van der Waals surface area contributed by atoms with E-state index in [-0.39, 0.29) is 23.8 Å². The largest absolute Gasteiger partial charge is 0.359 e. The zero-order chi connectivity index (χ0) is 30.2. The monoisotopic (exact) mass is 578 g/mol. The molecule has 230 valence electrons. The maximum absolute atomic E-state index is 14.3. The molecule has 1 aliphatic carbocycles. The highest BCUT2D eigenvalue weighted by Gasteiger charge is 2.72. The fourth-order valence-electron chi connectivity index (χ4n) is 7.88. The molecule has 42 heavy (non-hydrogen) atoms. The summed E-state index contributed by atoms with van der Waals surface area (Å²) in [6.07, 6.45) is 9.48. The van der Waals surface area contributed by atoms with Crippen LogP contribution in [0.3, 0.4) is 0 Å². The lowest BCUT2D eigenvalue weighted by Crippen LogP contribution is -2.58. The van der Waals surface area contributed by atoms with Gasteiger partial charge in [-0.05, 0) is 88.3 Å². The van der Waals surface area contributed by atoms with Crippen LogP contribution in [0.25, 0.3) is 0 Å². The Morgan fingerprint density at radius 3 is 2.50 bits per heavy atom. The number of carbonyl (C=O) groups is 3. The molecule has 1 aromatic rings. The predicted molar refractivity (Wildman–Crippen MR) is 165 cm³/mol. The molecule has 2 saturated heterocycles. The number of unbranched alkanes of at least 4 members (excludes halogenated alkanes) is 1. The van der Waals surface area contributed by atoms with Gasteiger partial charge in [0.15, 0.2) is 0 Å². The SMILES string of the molecule is CCCCN(C)CCCN1C(=O)[C@H]2C(C(=O)Nc3cc(C)cc(C)c3)[C@H]3C=CC2(O3)C1C(=O)NC1CCCC(C)C1C. The number of ether oxygens (including phenoxy) is 1. The van der Waals surface area contributed by atoms with Gasteiger partial charge in [0.05, 0.1) is 17.9 Å². The van der Waals surface area contributed by atoms with Crippen LogP contribution in [-0.4, -0.2) is 78.0 Å². The van der Waals surface area contributed by atoms with Crippen LogP contribution in [0.5, 0.6) is 0 Å². The van der Waals surface area contributed by atoms with Gasteiger partial charge < -0.3 is 25.2 Å². The van der Waals surface area contributed by atoms with Crippen molar-refractivity contribution in [3.63, 3.8) is 0 Å². The van der Waals surface area contributed by atoms with Crippen LogP contribution < -0.4 is 10.6 Å².